The Balaban J connectivity index is 2.19. The quantitative estimate of drug-likeness (QED) is 0.725. The first kappa shape index (κ1) is 12.5. The molecule has 1 aromatic heterocycles. The second kappa shape index (κ2) is 5.58. The maximum atomic E-state index is 11.4. The van der Waals surface area contributed by atoms with Gasteiger partial charge in [-0.25, -0.2) is 4.79 Å². The van der Waals surface area contributed by atoms with Gasteiger partial charge in [0.05, 0.1) is 11.9 Å². The average molecular weight is 258 g/mol. The zero-order valence-corrected chi connectivity index (χ0v) is 9.70. The molecule has 7 heteroatoms. The van der Waals surface area contributed by atoms with Gasteiger partial charge in [-0.2, -0.15) is 10.2 Å². The summed E-state index contributed by atoms with van der Waals surface area (Å²) in [6, 6.07) is 9.02. The van der Waals surface area contributed by atoms with Crippen molar-refractivity contribution in [3.63, 3.8) is 0 Å². The highest BCUT2D eigenvalue weighted by molar-refractivity contribution is 5.52. The number of H-pyrrole nitrogens is 2. The number of aromatic amines is 2. The van der Waals surface area contributed by atoms with Crippen LogP contribution in [0.5, 0.6) is 5.88 Å². The van der Waals surface area contributed by atoms with E-state index < -0.39 is 17.1 Å². The molecular formula is C12H10N4O3. The van der Waals surface area contributed by atoms with E-state index in [4.69, 9.17) is 0 Å². The van der Waals surface area contributed by atoms with Gasteiger partial charge < -0.3 is 5.11 Å². The Bertz CT molecular complexity index is 729. The highest BCUT2D eigenvalue weighted by Crippen LogP contribution is 2.11. The molecule has 0 unspecified atom stereocenters. The topological polar surface area (TPSA) is 111 Å². The molecule has 0 spiro atoms. The number of aromatic hydroxyl groups is 1. The van der Waals surface area contributed by atoms with Crippen LogP contribution >= 0.6 is 0 Å². The third kappa shape index (κ3) is 3.25. The molecule has 0 aliphatic rings. The summed E-state index contributed by atoms with van der Waals surface area (Å²) in [5.41, 5.74) is -0.906. The molecule has 0 fully saturated rings. The fourth-order valence-electron chi connectivity index (χ4n) is 1.34. The average Bonchev–Trinajstić information content (AvgIpc) is 2.38. The van der Waals surface area contributed by atoms with E-state index >= 15 is 0 Å². The number of aromatic nitrogens is 2. The molecule has 0 aliphatic heterocycles. The molecule has 19 heavy (non-hydrogen) atoms. The number of hydrogen-bond donors (Lipinski definition) is 3. The molecule has 2 rings (SSSR count). The van der Waals surface area contributed by atoms with Gasteiger partial charge in [-0.15, -0.1) is 0 Å². The lowest BCUT2D eigenvalue weighted by Gasteiger charge is -1.94. The van der Waals surface area contributed by atoms with Crippen LogP contribution in [-0.2, 0) is 0 Å². The van der Waals surface area contributed by atoms with Crippen molar-refractivity contribution in [2.24, 2.45) is 10.2 Å². The first-order valence-electron chi connectivity index (χ1n) is 5.35. The van der Waals surface area contributed by atoms with E-state index in [1.54, 1.807) is 12.1 Å². The van der Waals surface area contributed by atoms with E-state index in [9.17, 15) is 14.7 Å². The summed E-state index contributed by atoms with van der Waals surface area (Å²) in [6.45, 7) is 0. The summed E-state index contributed by atoms with van der Waals surface area (Å²) in [5, 5.41) is 17.0. The fraction of sp³-hybridized carbons (Fsp3) is 0. The van der Waals surface area contributed by atoms with Gasteiger partial charge in [-0.3, -0.25) is 14.8 Å². The molecular weight excluding hydrogens is 248 g/mol. The molecule has 0 saturated heterocycles. The van der Waals surface area contributed by atoms with E-state index in [-0.39, 0.29) is 5.56 Å². The van der Waals surface area contributed by atoms with Crippen LogP contribution in [0.2, 0.25) is 0 Å². The number of nitrogens with one attached hydrogen (secondary N) is 2. The van der Waals surface area contributed by atoms with Gasteiger partial charge in [-0.05, 0) is 18.2 Å². The lowest BCUT2D eigenvalue weighted by Crippen LogP contribution is -2.23. The van der Waals surface area contributed by atoms with Gasteiger partial charge in [0, 0.05) is 0 Å². The number of azo groups is 1. The summed E-state index contributed by atoms with van der Waals surface area (Å²) in [5.74, 6) is -0.514. The second-order valence-corrected chi connectivity index (χ2v) is 3.54. The van der Waals surface area contributed by atoms with Crippen LogP contribution in [0.15, 0.2) is 56.3 Å². The van der Waals surface area contributed by atoms with Crippen molar-refractivity contribution < 1.29 is 5.11 Å². The molecule has 0 aliphatic carbocycles. The number of hydrogen-bond acceptors (Lipinski definition) is 5. The second-order valence-electron chi connectivity index (χ2n) is 3.54. The van der Waals surface area contributed by atoms with Gasteiger partial charge >= 0.3 is 5.69 Å². The Morgan fingerprint density at radius 1 is 1.11 bits per heavy atom. The number of benzene rings is 1. The Kier molecular flexibility index (Phi) is 3.67. The van der Waals surface area contributed by atoms with Crippen molar-refractivity contribution in [3.8, 4) is 5.88 Å². The smallest absolute Gasteiger partial charge is 0.328 e. The highest BCUT2D eigenvalue weighted by atomic mass is 16.3. The summed E-state index contributed by atoms with van der Waals surface area (Å²) < 4.78 is 0. The predicted octanol–water partition coefficient (Wildman–Crippen LogP) is 1.52. The van der Waals surface area contributed by atoms with Crippen LogP contribution < -0.4 is 11.2 Å². The zero-order chi connectivity index (χ0) is 13.7. The first-order valence-corrected chi connectivity index (χ1v) is 5.35. The Morgan fingerprint density at radius 2 is 1.84 bits per heavy atom. The third-order valence-electron chi connectivity index (χ3n) is 2.20. The molecule has 0 bridgehead atoms. The zero-order valence-electron chi connectivity index (χ0n) is 9.70. The third-order valence-corrected chi connectivity index (χ3v) is 2.20. The minimum absolute atomic E-state index is 0.0911. The maximum Gasteiger partial charge on any atom is 0.328 e. The standard InChI is InChI=1S/C12H10N4O3/c17-10-9(11(18)15-12(19)14-10)6-7-13-16-8-4-2-1-3-5-8/h1-7H,(H3,14,15,17,18,19)/b7-6+,16-13?. The molecule has 3 N–H and O–H groups in total. The van der Waals surface area contributed by atoms with Crippen molar-refractivity contribution >= 4 is 11.8 Å². The largest absolute Gasteiger partial charge is 0.494 e. The minimum Gasteiger partial charge on any atom is -0.494 e. The summed E-state index contributed by atoms with van der Waals surface area (Å²) >= 11 is 0. The van der Waals surface area contributed by atoms with Crippen molar-refractivity contribution in [3.05, 3.63) is 62.9 Å². The first-order chi connectivity index (χ1) is 9.16. The summed E-state index contributed by atoms with van der Waals surface area (Å²) in [4.78, 5) is 26.3. The van der Waals surface area contributed by atoms with Crippen LogP contribution in [0.1, 0.15) is 5.56 Å². The predicted molar refractivity (Wildman–Crippen MR) is 69.3 cm³/mol. The highest BCUT2D eigenvalue weighted by Gasteiger charge is 2.03. The van der Waals surface area contributed by atoms with Crippen molar-refractivity contribution in [2.75, 3.05) is 0 Å². The molecule has 1 aromatic carbocycles. The summed E-state index contributed by atoms with van der Waals surface area (Å²) in [6.07, 6.45) is 2.49. The lowest BCUT2D eigenvalue weighted by molar-refractivity contribution is 0.447. The van der Waals surface area contributed by atoms with Gasteiger partial charge in [0.1, 0.15) is 5.56 Å². The van der Waals surface area contributed by atoms with E-state index in [1.165, 1.54) is 12.3 Å². The van der Waals surface area contributed by atoms with Gasteiger partial charge in [0.2, 0.25) is 5.88 Å². The summed E-state index contributed by atoms with van der Waals surface area (Å²) in [7, 11) is 0. The van der Waals surface area contributed by atoms with E-state index in [0.717, 1.165) is 0 Å². The number of rotatable bonds is 3. The monoisotopic (exact) mass is 258 g/mol. The minimum atomic E-state index is -0.773. The van der Waals surface area contributed by atoms with E-state index in [0.29, 0.717) is 5.69 Å². The van der Waals surface area contributed by atoms with Crippen LogP contribution in [0, 0.1) is 0 Å². The lowest BCUT2D eigenvalue weighted by atomic mass is 10.3. The molecule has 7 nitrogen and oxygen atoms in total. The van der Waals surface area contributed by atoms with Crippen LogP contribution in [-0.4, -0.2) is 15.1 Å². The Labute approximate surface area is 107 Å². The van der Waals surface area contributed by atoms with Gasteiger partial charge in [0.25, 0.3) is 5.56 Å². The van der Waals surface area contributed by atoms with Gasteiger partial charge in [0.15, 0.2) is 0 Å². The van der Waals surface area contributed by atoms with Crippen LogP contribution in [0.4, 0.5) is 5.69 Å². The normalized spacial score (nSPS) is 11.4. The van der Waals surface area contributed by atoms with Crippen LogP contribution in [0.25, 0.3) is 6.08 Å². The Hall–Kier alpha value is -2.96. The van der Waals surface area contributed by atoms with Crippen LogP contribution in [0.3, 0.4) is 0 Å². The maximum absolute atomic E-state index is 11.4. The Morgan fingerprint density at radius 3 is 2.53 bits per heavy atom. The molecule has 1 heterocycles. The molecule has 96 valence electrons. The fourth-order valence-corrected chi connectivity index (χ4v) is 1.34. The molecule has 0 radical (unpaired) electrons. The van der Waals surface area contributed by atoms with Crippen molar-refractivity contribution in [1.29, 1.82) is 0 Å². The molecule has 0 amide bonds. The SMILES string of the molecule is O=c1[nH]c(O)c(/C=C/N=Nc2ccccc2)c(=O)[nH]1. The molecule has 0 saturated carbocycles. The molecule has 0 atom stereocenters. The molecule has 2 aromatic rings. The number of nitrogens with zero attached hydrogens (tertiary/aromatic N) is 2. The van der Waals surface area contributed by atoms with Crippen molar-refractivity contribution in [2.45, 2.75) is 0 Å². The van der Waals surface area contributed by atoms with Gasteiger partial charge in [-0.1, -0.05) is 18.2 Å². The van der Waals surface area contributed by atoms with E-state index in [2.05, 4.69) is 15.2 Å². The van der Waals surface area contributed by atoms with E-state index in [1.807, 2.05) is 23.2 Å². The van der Waals surface area contributed by atoms with Crippen molar-refractivity contribution in [1.82, 2.24) is 9.97 Å².